The monoisotopic (exact) mass is 435 g/mol. The number of guanidine groups is 1. The molecule has 0 aliphatic carbocycles. The summed E-state index contributed by atoms with van der Waals surface area (Å²) in [5.74, 6) is -0.0649. The minimum atomic E-state index is -4.69. The van der Waals surface area contributed by atoms with Gasteiger partial charge in [-0.05, 0) is 30.5 Å². The van der Waals surface area contributed by atoms with Crippen LogP contribution in [0.25, 0.3) is 0 Å². The summed E-state index contributed by atoms with van der Waals surface area (Å²) < 4.78 is 39.7. The fraction of sp³-hybridized carbons (Fsp3) is 0.417. The van der Waals surface area contributed by atoms with Crippen molar-refractivity contribution in [2.24, 2.45) is 10.7 Å². The Morgan fingerprint density at radius 3 is 2.43 bits per heavy atom. The third-order valence-electron chi connectivity index (χ3n) is 2.28. The number of alkyl halides is 3. The molecule has 0 fully saturated rings. The van der Waals surface area contributed by atoms with Crippen LogP contribution in [0.3, 0.4) is 0 Å². The van der Waals surface area contributed by atoms with Crippen molar-refractivity contribution < 1.29 is 17.9 Å². The van der Waals surface area contributed by atoms with E-state index in [2.05, 4.69) is 15.0 Å². The van der Waals surface area contributed by atoms with Crippen molar-refractivity contribution in [1.82, 2.24) is 0 Å². The second kappa shape index (κ2) is 9.23. The molecule has 0 heterocycles. The van der Waals surface area contributed by atoms with Crippen molar-refractivity contribution >= 4 is 47.4 Å². The van der Waals surface area contributed by atoms with Gasteiger partial charge in [-0.3, -0.25) is 4.99 Å². The largest absolute Gasteiger partial charge is 0.573 e. The molecule has 0 saturated heterocycles. The van der Waals surface area contributed by atoms with Gasteiger partial charge in [0.05, 0.1) is 6.54 Å². The molecule has 1 aromatic carbocycles. The fourth-order valence-corrected chi connectivity index (χ4v) is 1.45. The van der Waals surface area contributed by atoms with Crippen LogP contribution >= 0.6 is 35.7 Å². The SMILES string of the molecule is CSC(C)CN=C(N)Nc1ccc(OC(F)(F)F)cc1.I. The van der Waals surface area contributed by atoms with Crippen LogP contribution in [0, 0.1) is 0 Å². The van der Waals surface area contributed by atoms with Gasteiger partial charge in [0.2, 0.25) is 0 Å². The van der Waals surface area contributed by atoms with Gasteiger partial charge in [-0.25, -0.2) is 0 Å². The number of thioether (sulfide) groups is 1. The van der Waals surface area contributed by atoms with Gasteiger partial charge in [0.15, 0.2) is 5.96 Å². The maximum Gasteiger partial charge on any atom is 0.573 e. The summed E-state index contributed by atoms with van der Waals surface area (Å²) in [6.07, 6.45) is -2.72. The standard InChI is InChI=1S/C12H16F3N3OS.HI/c1-8(20-2)7-17-11(16)18-9-3-5-10(6-4-9)19-12(13,14)15;/h3-6,8H,7H2,1-2H3,(H3,16,17,18);1H. The Bertz CT molecular complexity index is 454. The van der Waals surface area contributed by atoms with E-state index in [0.29, 0.717) is 17.5 Å². The zero-order valence-electron chi connectivity index (χ0n) is 11.5. The molecule has 0 bridgehead atoms. The molecule has 9 heteroatoms. The van der Waals surface area contributed by atoms with Gasteiger partial charge in [-0.15, -0.1) is 37.1 Å². The van der Waals surface area contributed by atoms with Crippen molar-refractivity contribution in [2.75, 3.05) is 18.1 Å². The Morgan fingerprint density at radius 1 is 1.38 bits per heavy atom. The second-order valence-corrected chi connectivity index (χ2v) is 5.25. The van der Waals surface area contributed by atoms with Gasteiger partial charge in [-0.2, -0.15) is 11.8 Å². The summed E-state index contributed by atoms with van der Waals surface area (Å²) in [6, 6.07) is 5.27. The van der Waals surface area contributed by atoms with Crippen molar-refractivity contribution in [1.29, 1.82) is 0 Å². The van der Waals surface area contributed by atoms with E-state index < -0.39 is 6.36 Å². The first-order valence-electron chi connectivity index (χ1n) is 5.75. The second-order valence-electron chi connectivity index (χ2n) is 3.97. The lowest BCUT2D eigenvalue weighted by Gasteiger charge is -2.10. The highest BCUT2D eigenvalue weighted by Gasteiger charge is 2.30. The lowest BCUT2D eigenvalue weighted by molar-refractivity contribution is -0.274. The summed E-state index contributed by atoms with van der Waals surface area (Å²) in [7, 11) is 0. The average Bonchev–Trinajstić information content (AvgIpc) is 2.36. The average molecular weight is 435 g/mol. The van der Waals surface area contributed by atoms with Crippen LogP contribution in [0.5, 0.6) is 5.75 Å². The van der Waals surface area contributed by atoms with Crippen molar-refractivity contribution in [2.45, 2.75) is 18.5 Å². The minimum absolute atomic E-state index is 0. The van der Waals surface area contributed by atoms with E-state index in [0.717, 1.165) is 0 Å². The van der Waals surface area contributed by atoms with Gasteiger partial charge in [0, 0.05) is 10.9 Å². The molecule has 0 amide bonds. The number of ether oxygens (including phenoxy) is 1. The number of hydrogen-bond donors (Lipinski definition) is 2. The van der Waals surface area contributed by atoms with Gasteiger partial charge in [0.1, 0.15) is 5.75 Å². The number of nitrogens with zero attached hydrogens (tertiary/aromatic N) is 1. The first-order valence-corrected chi connectivity index (χ1v) is 7.04. The molecular weight excluding hydrogens is 418 g/mol. The predicted molar refractivity (Wildman–Crippen MR) is 91.6 cm³/mol. The molecule has 0 aliphatic rings. The van der Waals surface area contributed by atoms with Crippen LogP contribution in [0.1, 0.15) is 6.92 Å². The quantitative estimate of drug-likeness (QED) is 0.421. The molecule has 1 rings (SSSR count). The third kappa shape index (κ3) is 8.91. The van der Waals surface area contributed by atoms with Gasteiger partial charge < -0.3 is 15.8 Å². The Kier molecular flexibility index (Phi) is 8.86. The molecule has 1 aromatic rings. The zero-order chi connectivity index (χ0) is 15.2. The summed E-state index contributed by atoms with van der Waals surface area (Å²) >= 11 is 1.67. The summed E-state index contributed by atoms with van der Waals surface area (Å²) in [4.78, 5) is 4.12. The highest BCUT2D eigenvalue weighted by atomic mass is 127. The lowest BCUT2D eigenvalue weighted by Crippen LogP contribution is -2.24. The molecule has 1 unspecified atom stereocenters. The van der Waals surface area contributed by atoms with E-state index in [1.807, 2.05) is 13.2 Å². The molecule has 0 aliphatic heterocycles. The normalized spacial score (nSPS) is 13.3. The molecule has 21 heavy (non-hydrogen) atoms. The third-order valence-corrected chi connectivity index (χ3v) is 3.24. The van der Waals surface area contributed by atoms with E-state index in [-0.39, 0.29) is 35.7 Å². The van der Waals surface area contributed by atoms with Crippen molar-refractivity contribution in [3.63, 3.8) is 0 Å². The number of nitrogens with one attached hydrogen (secondary N) is 1. The number of halogens is 4. The Labute approximate surface area is 142 Å². The number of anilines is 1. The number of benzene rings is 1. The molecule has 0 aromatic heterocycles. The molecule has 0 saturated carbocycles. The van der Waals surface area contributed by atoms with Crippen LogP contribution in [0.4, 0.5) is 18.9 Å². The highest BCUT2D eigenvalue weighted by Crippen LogP contribution is 2.23. The predicted octanol–water partition coefficient (Wildman–Crippen LogP) is 3.68. The Hall–Kier alpha value is -0.840. The first-order chi connectivity index (χ1) is 9.30. The lowest BCUT2D eigenvalue weighted by atomic mass is 10.3. The summed E-state index contributed by atoms with van der Waals surface area (Å²) in [6.45, 7) is 2.58. The zero-order valence-corrected chi connectivity index (χ0v) is 14.6. The van der Waals surface area contributed by atoms with E-state index in [1.54, 1.807) is 11.8 Å². The van der Waals surface area contributed by atoms with Crippen LogP contribution in [0.2, 0.25) is 0 Å². The fourth-order valence-electron chi connectivity index (χ4n) is 1.23. The smallest absolute Gasteiger partial charge is 0.406 e. The van der Waals surface area contributed by atoms with Gasteiger partial charge >= 0.3 is 6.36 Å². The molecule has 0 spiro atoms. The van der Waals surface area contributed by atoms with E-state index >= 15 is 0 Å². The summed E-state index contributed by atoms with van der Waals surface area (Å²) in [5, 5.41) is 3.14. The molecular formula is C12H17F3IN3OS. The maximum absolute atomic E-state index is 12.0. The van der Waals surface area contributed by atoms with Gasteiger partial charge in [-0.1, -0.05) is 6.92 Å². The highest BCUT2D eigenvalue weighted by molar-refractivity contribution is 14.0. The van der Waals surface area contributed by atoms with Crippen LogP contribution in [0.15, 0.2) is 29.3 Å². The van der Waals surface area contributed by atoms with Gasteiger partial charge in [0.25, 0.3) is 0 Å². The van der Waals surface area contributed by atoms with E-state index in [9.17, 15) is 13.2 Å². The van der Waals surface area contributed by atoms with Crippen LogP contribution < -0.4 is 15.8 Å². The van der Waals surface area contributed by atoms with Crippen molar-refractivity contribution in [3.8, 4) is 5.75 Å². The number of rotatable bonds is 5. The minimum Gasteiger partial charge on any atom is -0.406 e. The van der Waals surface area contributed by atoms with E-state index in [1.165, 1.54) is 24.3 Å². The van der Waals surface area contributed by atoms with Crippen LogP contribution in [-0.4, -0.2) is 30.4 Å². The molecule has 4 nitrogen and oxygen atoms in total. The maximum atomic E-state index is 12.0. The molecule has 0 radical (unpaired) electrons. The Morgan fingerprint density at radius 2 is 1.95 bits per heavy atom. The number of aliphatic imine (C=N–C) groups is 1. The summed E-state index contributed by atoms with van der Waals surface area (Å²) in [5.41, 5.74) is 6.21. The molecule has 3 N–H and O–H groups in total. The topological polar surface area (TPSA) is 59.6 Å². The Balaban J connectivity index is 0.00000400. The van der Waals surface area contributed by atoms with E-state index in [4.69, 9.17) is 5.73 Å². The molecule has 120 valence electrons. The molecule has 1 atom stereocenters. The van der Waals surface area contributed by atoms with Crippen molar-refractivity contribution in [3.05, 3.63) is 24.3 Å². The number of hydrogen-bond acceptors (Lipinski definition) is 3. The number of nitrogens with two attached hydrogens (primary N) is 1. The van der Waals surface area contributed by atoms with Crippen LogP contribution in [-0.2, 0) is 0 Å². The first kappa shape index (κ1) is 20.2.